The van der Waals surface area contributed by atoms with Crippen LogP contribution in [0, 0.1) is 6.65 Å². The van der Waals surface area contributed by atoms with Gasteiger partial charge in [-0.2, -0.15) is 9.59 Å². The summed E-state index contributed by atoms with van der Waals surface area (Å²) in [5, 5.41) is 0. The van der Waals surface area contributed by atoms with E-state index in [0.29, 0.717) is 0 Å². The average molecular weight is 268 g/mol. The Kier molecular flexibility index (Phi) is 7900. The van der Waals surface area contributed by atoms with Gasteiger partial charge in [0, 0.05) is 1.43 Å². The van der Waals surface area contributed by atoms with Crippen LogP contribution in [0.4, 0.5) is 0 Å². The molecule has 4 nitrogen and oxygen atoms in total. The molecule has 0 rings (SSSR count). The summed E-state index contributed by atoms with van der Waals surface area (Å²) in [6.07, 6.45) is 0.250. The van der Waals surface area contributed by atoms with Crippen LogP contribution in [0.25, 0.3) is 0 Å². The van der Waals surface area contributed by atoms with E-state index in [9.17, 15) is 0 Å². The first-order valence-electron chi connectivity index (χ1n) is 0.612. The third-order valence-electron chi connectivity index (χ3n) is 0. The molecule has 0 aliphatic carbocycles. The van der Waals surface area contributed by atoms with Gasteiger partial charge in [0.25, 0.3) is 0 Å². The van der Waals surface area contributed by atoms with Crippen molar-refractivity contribution in [2.75, 3.05) is 0 Å². The molecule has 10 heavy (non-hydrogen) atoms. The van der Waals surface area contributed by atoms with Crippen LogP contribution >= 0.6 is 24.0 Å². The summed E-state index contributed by atoms with van der Waals surface area (Å²) in [5.41, 5.74) is 0. The van der Waals surface area contributed by atoms with Crippen molar-refractivity contribution in [3.8, 4) is 0 Å². The number of hydrogen-bond donors (Lipinski definition) is 0. The fourth-order valence-corrected chi connectivity index (χ4v) is 0. The fraction of sp³-hybridized carbons (Fsp3) is 0.600. The topological polar surface area (TPSA) is 85.5 Å². The van der Waals surface area contributed by atoms with Crippen LogP contribution in [-0.4, -0.2) is 11.6 Å². The Bertz CT molecular complexity index is 60.7. The van der Waals surface area contributed by atoms with Crippen LogP contribution < -0.4 is 0 Å². The number of halogens is 1. The van der Waals surface area contributed by atoms with Gasteiger partial charge in [-0.3, -0.25) is 0 Å². The molecule has 0 saturated carbocycles. The minimum absolute atomic E-state index is 0. The van der Waals surface area contributed by atoms with Gasteiger partial charge in [0.15, 0.2) is 0 Å². The molecule has 0 aliphatic heterocycles. The first-order valence-corrected chi connectivity index (χ1v) is 0.612. The first-order chi connectivity index (χ1) is 2.41. The Hall–Kier alpha value is -0.190. The van der Waals surface area contributed by atoms with Crippen LogP contribution in [-0.2, 0) is 14.2 Å². The van der Waals surface area contributed by atoms with Gasteiger partial charge < -0.3 is 5.48 Å². The van der Waals surface area contributed by atoms with Crippen LogP contribution in [0.5, 0.6) is 0 Å². The van der Waals surface area contributed by atoms with Crippen molar-refractivity contribution in [3.63, 3.8) is 0 Å². The van der Waals surface area contributed by atoms with Gasteiger partial charge in [-0.25, -0.2) is 0 Å². The molecular formula is C5H17IO4. The second-order valence-corrected chi connectivity index (χ2v) is 0.0833. The smallest absolute Gasteiger partial charge is 0 e. The molecule has 0 heterocycles. The monoisotopic (exact) mass is 268 g/mol. The predicted molar refractivity (Wildman–Crippen MR) is 50.3 cm³/mol. The molecule has 0 aromatic carbocycles. The Labute approximate surface area is 80.5 Å². The standard InChI is InChI=1S/CO2.CO.3CH4.HI.H2O.H2/c2-1-3;1-2;;;;;;/h;;3*1H4;1H;1H2;1H. The number of rotatable bonds is 0. The zero-order valence-corrected chi connectivity index (χ0v) is 5.46. The molecule has 0 atom stereocenters. The molecule has 2 N–H and O–H groups in total. The summed E-state index contributed by atoms with van der Waals surface area (Å²) in [6.45, 7) is 4.50. The van der Waals surface area contributed by atoms with Gasteiger partial charge in [-0.05, 0) is 0 Å². The van der Waals surface area contributed by atoms with Crippen molar-refractivity contribution in [1.29, 1.82) is 0 Å². The fourth-order valence-electron chi connectivity index (χ4n) is 0. The van der Waals surface area contributed by atoms with E-state index >= 15 is 0 Å². The molecule has 0 bridgehead atoms. The average Bonchev–Trinajstić information content (AvgIpc) is 1.46. The zero-order chi connectivity index (χ0) is 4.71. The van der Waals surface area contributed by atoms with Crippen LogP contribution in [0.15, 0.2) is 0 Å². The molecule has 0 unspecified atom stereocenters. The van der Waals surface area contributed by atoms with Gasteiger partial charge in [0.2, 0.25) is 0 Å². The third-order valence-corrected chi connectivity index (χ3v) is 0. The summed E-state index contributed by atoms with van der Waals surface area (Å²) >= 11 is 0. The van der Waals surface area contributed by atoms with E-state index in [2.05, 4.69) is 6.65 Å². The zero-order valence-electron chi connectivity index (χ0n) is 3.13. The van der Waals surface area contributed by atoms with E-state index in [1.807, 2.05) is 0 Å². The second kappa shape index (κ2) is 819. The summed E-state index contributed by atoms with van der Waals surface area (Å²) in [6, 6.07) is 0. The molecule has 0 aromatic heterocycles. The summed E-state index contributed by atoms with van der Waals surface area (Å²) < 4.78 is 7.50. The van der Waals surface area contributed by atoms with E-state index in [0.717, 1.165) is 0 Å². The maximum atomic E-state index is 8.12. The van der Waals surface area contributed by atoms with Gasteiger partial charge in [-0.15, -0.1) is 24.0 Å². The van der Waals surface area contributed by atoms with Crippen molar-refractivity contribution >= 4 is 30.1 Å². The molecule has 0 spiro atoms. The van der Waals surface area contributed by atoms with E-state index in [-0.39, 0.29) is 59.3 Å². The molecule has 0 aliphatic rings. The van der Waals surface area contributed by atoms with Crippen molar-refractivity contribution in [2.45, 2.75) is 22.3 Å². The van der Waals surface area contributed by atoms with Gasteiger partial charge in [0.05, 0.1) is 0 Å². The van der Waals surface area contributed by atoms with Gasteiger partial charge in [-0.1, -0.05) is 22.3 Å². The Morgan fingerprint density at radius 3 is 1.10 bits per heavy atom. The number of hydrogen-bond acceptors (Lipinski definition) is 2. The molecule has 0 radical (unpaired) electrons. The number of carbonyl (C=O) groups excluding carboxylic acids is 2. The van der Waals surface area contributed by atoms with Gasteiger partial charge in [0.1, 0.15) is 0 Å². The first kappa shape index (κ1) is 96.4. The van der Waals surface area contributed by atoms with Crippen LogP contribution in [0.1, 0.15) is 23.7 Å². The van der Waals surface area contributed by atoms with E-state index in [4.69, 9.17) is 14.2 Å². The Morgan fingerprint density at radius 1 is 1.10 bits per heavy atom. The van der Waals surface area contributed by atoms with E-state index in [1.54, 1.807) is 0 Å². The maximum Gasteiger partial charge on any atom is 0 e. The Morgan fingerprint density at radius 2 is 1.10 bits per heavy atom. The van der Waals surface area contributed by atoms with Crippen LogP contribution in [0.2, 0.25) is 0 Å². The third kappa shape index (κ3) is 10000. The largest absolute Gasteiger partial charge is 0 e. The minimum atomic E-state index is 0. The van der Waals surface area contributed by atoms with Crippen LogP contribution in [0.3, 0.4) is 0 Å². The Balaban J connectivity index is -0.00000000181. The maximum absolute atomic E-state index is 8.12. The SMILES string of the molecule is C.C.C.I.O.O=C=O.[C-]#[O+].[HH]. The normalized spacial score (nSPS) is 1.00. The molecular weight excluding hydrogens is 251 g/mol. The molecule has 0 amide bonds. The van der Waals surface area contributed by atoms with Gasteiger partial charge >= 0.3 is 17.5 Å². The van der Waals surface area contributed by atoms with E-state index < -0.39 is 0 Å². The summed E-state index contributed by atoms with van der Waals surface area (Å²) in [4.78, 5) is 16.2. The molecule has 5 heteroatoms. The molecule has 0 saturated heterocycles. The second-order valence-electron chi connectivity index (χ2n) is 0.0833. The quantitative estimate of drug-likeness (QED) is 0.377. The van der Waals surface area contributed by atoms with E-state index in [1.165, 1.54) is 0 Å². The summed E-state index contributed by atoms with van der Waals surface area (Å²) in [5.74, 6) is 0. The van der Waals surface area contributed by atoms with Crippen molar-refractivity contribution in [3.05, 3.63) is 6.65 Å². The molecule has 68 valence electrons. The molecule has 0 fully saturated rings. The van der Waals surface area contributed by atoms with Crippen molar-refractivity contribution < 1.29 is 21.1 Å². The minimum Gasteiger partial charge on any atom is 0 e. The molecule has 0 aromatic rings. The van der Waals surface area contributed by atoms with Crippen molar-refractivity contribution in [1.82, 2.24) is 0 Å². The predicted octanol–water partition coefficient (Wildman–Crippen LogP) is 1.33. The van der Waals surface area contributed by atoms with Crippen molar-refractivity contribution in [2.24, 2.45) is 0 Å². The summed E-state index contributed by atoms with van der Waals surface area (Å²) in [7, 11) is 0.